The molecule has 2 N–H and O–H groups in total. The Kier molecular flexibility index (Phi) is 8.17. The van der Waals surface area contributed by atoms with Crippen molar-refractivity contribution in [2.75, 3.05) is 0 Å². The van der Waals surface area contributed by atoms with Crippen LogP contribution in [-0.2, 0) is 9.59 Å². The minimum absolute atomic E-state index is 0.0264. The van der Waals surface area contributed by atoms with Crippen molar-refractivity contribution in [2.24, 2.45) is 0 Å². The Balaban J connectivity index is 2.66. The Labute approximate surface area is 127 Å². The molecule has 0 atom stereocenters. The number of benzene rings is 1. The summed E-state index contributed by atoms with van der Waals surface area (Å²) < 4.78 is 0. The van der Waals surface area contributed by atoms with Crippen LogP contribution in [-0.4, -0.2) is 11.8 Å². The minimum Gasteiger partial charge on any atom is -0.332 e. The largest absolute Gasteiger partial charge is 0.332 e. The first-order valence-electron chi connectivity index (χ1n) is 7.81. The molecule has 1 aromatic carbocycles. The highest BCUT2D eigenvalue weighted by atomic mass is 16.2. The zero-order chi connectivity index (χ0) is 15.5. The normalized spacial score (nSPS) is 10.4. The van der Waals surface area contributed by atoms with Crippen LogP contribution in [0.1, 0.15) is 64.1 Å². The van der Waals surface area contributed by atoms with E-state index in [9.17, 15) is 9.59 Å². The van der Waals surface area contributed by atoms with Gasteiger partial charge >= 0.3 is 0 Å². The smallest absolute Gasteiger partial charge is 0.221 e. The van der Waals surface area contributed by atoms with Crippen molar-refractivity contribution in [2.45, 2.75) is 58.5 Å². The third-order valence-electron chi connectivity index (χ3n) is 3.26. The zero-order valence-corrected chi connectivity index (χ0v) is 13.0. The fourth-order valence-electron chi connectivity index (χ4n) is 1.99. The molecule has 4 nitrogen and oxygen atoms in total. The quantitative estimate of drug-likeness (QED) is 0.686. The molecule has 0 radical (unpaired) electrons. The van der Waals surface area contributed by atoms with Crippen LogP contribution in [0.3, 0.4) is 0 Å². The molecule has 0 heterocycles. The van der Waals surface area contributed by atoms with Crippen LogP contribution < -0.4 is 10.6 Å². The summed E-state index contributed by atoms with van der Waals surface area (Å²) in [5.74, 6) is -0.0528. The third-order valence-corrected chi connectivity index (χ3v) is 3.26. The van der Waals surface area contributed by atoms with Gasteiger partial charge in [-0.1, -0.05) is 57.0 Å². The average molecular weight is 290 g/mol. The van der Waals surface area contributed by atoms with Crippen LogP contribution in [0.15, 0.2) is 30.3 Å². The van der Waals surface area contributed by atoms with Crippen molar-refractivity contribution in [1.29, 1.82) is 0 Å². The molecule has 1 rings (SSSR count). The summed E-state index contributed by atoms with van der Waals surface area (Å²) in [6, 6.07) is 9.53. The van der Waals surface area contributed by atoms with Crippen molar-refractivity contribution in [3.63, 3.8) is 0 Å². The lowest BCUT2D eigenvalue weighted by Crippen LogP contribution is -2.41. The highest BCUT2D eigenvalue weighted by Crippen LogP contribution is 2.11. The van der Waals surface area contributed by atoms with E-state index >= 15 is 0 Å². The first-order valence-corrected chi connectivity index (χ1v) is 7.81. The Morgan fingerprint density at radius 3 is 1.81 bits per heavy atom. The van der Waals surface area contributed by atoms with E-state index < -0.39 is 6.17 Å². The summed E-state index contributed by atoms with van der Waals surface area (Å²) in [7, 11) is 0. The van der Waals surface area contributed by atoms with Gasteiger partial charge in [-0.05, 0) is 18.4 Å². The fraction of sp³-hybridized carbons (Fsp3) is 0.529. The van der Waals surface area contributed by atoms with Crippen LogP contribution in [0.25, 0.3) is 0 Å². The maximum absolute atomic E-state index is 11.9. The van der Waals surface area contributed by atoms with E-state index in [2.05, 4.69) is 24.5 Å². The van der Waals surface area contributed by atoms with Gasteiger partial charge in [-0.2, -0.15) is 0 Å². The van der Waals surface area contributed by atoms with Gasteiger partial charge < -0.3 is 10.6 Å². The third kappa shape index (κ3) is 6.93. The van der Waals surface area contributed by atoms with E-state index in [0.717, 1.165) is 31.2 Å². The molecule has 0 unspecified atom stereocenters. The van der Waals surface area contributed by atoms with E-state index in [-0.39, 0.29) is 11.8 Å². The lowest BCUT2D eigenvalue weighted by atomic mass is 10.1. The number of hydrogen-bond donors (Lipinski definition) is 2. The predicted octanol–water partition coefficient (Wildman–Crippen LogP) is 3.30. The highest BCUT2D eigenvalue weighted by molar-refractivity contribution is 5.79. The second kappa shape index (κ2) is 9.97. The van der Waals surface area contributed by atoms with Crippen LogP contribution in [0.2, 0.25) is 0 Å². The van der Waals surface area contributed by atoms with Gasteiger partial charge in [0, 0.05) is 12.8 Å². The Morgan fingerprint density at radius 1 is 0.905 bits per heavy atom. The Hall–Kier alpha value is -1.84. The monoisotopic (exact) mass is 290 g/mol. The van der Waals surface area contributed by atoms with Crippen LogP contribution in [0.4, 0.5) is 0 Å². The molecule has 0 bridgehead atoms. The molecule has 2 amide bonds. The number of nitrogens with one attached hydrogen (secondary N) is 2. The summed E-state index contributed by atoms with van der Waals surface area (Å²) in [5, 5.41) is 5.81. The van der Waals surface area contributed by atoms with Crippen molar-refractivity contribution in [3.8, 4) is 0 Å². The lowest BCUT2D eigenvalue weighted by molar-refractivity contribution is -0.124. The van der Waals surface area contributed by atoms with E-state index in [1.807, 2.05) is 30.3 Å². The lowest BCUT2D eigenvalue weighted by Gasteiger charge is -2.21. The molecule has 21 heavy (non-hydrogen) atoms. The van der Waals surface area contributed by atoms with Crippen molar-refractivity contribution in [3.05, 3.63) is 35.9 Å². The minimum atomic E-state index is -0.445. The van der Waals surface area contributed by atoms with E-state index in [1.165, 1.54) is 0 Å². The molecule has 0 fully saturated rings. The maximum atomic E-state index is 11.9. The summed E-state index contributed by atoms with van der Waals surface area (Å²) in [6.45, 7) is 4.10. The maximum Gasteiger partial charge on any atom is 0.221 e. The van der Waals surface area contributed by atoms with Gasteiger partial charge in [-0.3, -0.25) is 9.59 Å². The molecule has 0 saturated heterocycles. The number of unbranched alkanes of at least 4 members (excludes halogenated alkanes) is 2. The second-order valence-electron chi connectivity index (χ2n) is 5.19. The molecule has 0 spiro atoms. The molecule has 0 aliphatic carbocycles. The SMILES string of the molecule is CCCCC(=O)NC(NC(=O)CCCC)c1ccccc1. The molecule has 0 saturated carbocycles. The molecule has 0 aliphatic rings. The zero-order valence-electron chi connectivity index (χ0n) is 13.0. The van der Waals surface area contributed by atoms with Gasteiger partial charge in [0.1, 0.15) is 6.17 Å². The van der Waals surface area contributed by atoms with Gasteiger partial charge in [0.25, 0.3) is 0 Å². The first-order chi connectivity index (χ1) is 10.2. The highest BCUT2D eigenvalue weighted by Gasteiger charge is 2.16. The molecule has 0 aromatic heterocycles. The van der Waals surface area contributed by atoms with Gasteiger partial charge in [-0.25, -0.2) is 0 Å². The topological polar surface area (TPSA) is 58.2 Å². The second-order valence-corrected chi connectivity index (χ2v) is 5.19. The number of carbonyl (C=O) groups excluding carboxylic acids is 2. The first kappa shape index (κ1) is 17.2. The molecule has 0 aliphatic heterocycles. The molecule has 4 heteroatoms. The van der Waals surface area contributed by atoms with Crippen molar-refractivity contribution in [1.82, 2.24) is 10.6 Å². The van der Waals surface area contributed by atoms with Crippen LogP contribution >= 0.6 is 0 Å². The molecule has 1 aromatic rings. The van der Waals surface area contributed by atoms with E-state index in [1.54, 1.807) is 0 Å². The summed E-state index contributed by atoms with van der Waals surface area (Å²) >= 11 is 0. The fourth-order valence-corrected chi connectivity index (χ4v) is 1.99. The van der Waals surface area contributed by atoms with Gasteiger partial charge in [0.05, 0.1) is 0 Å². The Bertz CT molecular complexity index is 410. The summed E-state index contributed by atoms with van der Waals surface area (Å²) in [6.07, 6.45) is 4.21. The van der Waals surface area contributed by atoms with Crippen LogP contribution in [0, 0.1) is 0 Å². The predicted molar refractivity (Wildman–Crippen MR) is 84.5 cm³/mol. The van der Waals surface area contributed by atoms with E-state index in [4.69, 9.17) is 0 Å². The van der Waals surface area contributed by atoms with Crippen LogP contribution in [0.5, 0.6) is 0 Å². The van der Waals surface area contributed by atoms with Gasteiger partial charge in [0.15, 0.2) is 0 Å². The van der Waals surface area contributed by atoms with Gasteiger partial charge in [0.2, 0.25) is 11.8 Å². The number of carbonyl (C=O) groups is 2. The number of rotatable bonds is 9. The van der Waals surface area contributed by atoms with Crippen molar-refractivity contribution < 1.29 is 9.59 Å². The summed E-state index contributed by atoms with van der Waals surface area (Å²) in [4.78, 5) is 23.8. The molecular weight excluding hydrogens is 264 g/mol. The Morgan fingerprint density at radius 2 is 1.38 bits per heavy atom. The standard InChI is InChI=1S/C17H26N2O2/c1-3-5-12-15(20)18-17(14-10-8-7-9-11-14)19-16(21)13-6-4-2/h7-11,17H,3-6,12-13H2,1-2H3,(H,18,20)(H,19,21). The molecular formula is C17H26N2O2. The van der Waals surface area contributed by atoms with Crippen molar-refractivity contribution >= 4 is 11.8 Å². The summed E-state index contributed by atoms with van der Waals surface area (Å²) in [5.41, 5.74) is 0.896. The van der Waals surface area contributed by atoms with E-state index in [0.29, 0.717) is 12.8 Å². The molecule has 116 valence electrons. The average Bonchev–Trinajstić information content (AvgIpc) is 2.51. The number of hydrogen-bond acceptors (Lipinski definition) is 2. The number of amides is 2. The van der Waals surface area contributed by atoms with Gasteiger partial charge in [-0.15, -0.1) is 0 Å².